The summed E-state index contributed by atoms with van der Waals surface area (Å²) >= 11 is 5.54. The molecule has 0 radical (unpaired) electrons. The van der Waals surface area contributed by atoms with Crippen LogP contribution in [0.4, 0.5) is 0 Å². The lowest BCUT2D eigenvalue weighted by Crippen LogP contribution is -1.96. The van der Waals surface area contributed by atoms with E-state index >= 15 is 0 Å². The van der Waals surface area contributed by atoms with Gasteiger partial charge in [0.15, 0.2) is 0 Å². The van der Waals surface area contributed by atoms with Crippen molar-refractivity contribution in [3.8, 4) is 0 Å². The third-order valence-corrected chi connectivity index (χ3v) is 3.00. The van der Waals surface area contributed by atoms with Gasteiger partial charge in [0.25, 0.3) is 0 Å². The van der Waals surface area contributed by atoms with Crippen LogP contribution >= 0.6 is 38.5 Å². The van der Waals surface area contributed by atoms with Crippen LogP contribution in [0.2, 0.25) is 0 Å². The van der Waals surface area contributed by atoms with Gasteiger partial charge in [0.2, 0.25) is 0 Å². The van der Waals surface area contributed by atoms with E-state index in [2.05, 4.69) is 38.5 Å². The molecule has 0 amide bonds. The maximum Gasteiger partial charge on any atom is 0.335 e. The molecule has 1 N–H and O–H groups in total. The van der Waals surface area contributed by atoms with E-state index < -0.39 is 5.97 Å². The molecule has 0 aliphatic heterocycles. The maximum atomic E-state index is 10.5. The molecule has 0 fully saturated rings. The molecular formula is C8H6BrIO2. The van der Waals surface area contributed by atoms with Gasteiger partial charge in [-0.05, 0) is 17.7 Å². The molecule has 1 aromatic rings. The van der Waals surface area contributed by atoms with Crippen LogP contribution in [0.3, 0.4) is 0 Å². The lowest BCUT2D eigenvalue weighted by atomic mass is 10.1. The van der Waals surface area contributed by atoms with Gasteiger partial charge in [-0.2, -0.15) is 0 Å². The van der Waals surface area contributed by atoms with Crippen LogP contribution in [-0.4, -0.2) is 11.1 Å². The number of halogens is 2. The molecular weight excluding hydrogens is 335 g/mol. The number of benzene rings is 1. The van der Waals surface area contributed by atoms with Crippen LogP contribution < -0.4 is 0 Å². The summed E-state index contributed by atoms with van der Waals surface area (Å²) in [7, 11) is 0. The normalized spacial score (nSPS) is 9.83. The number of carbonyl (C=O) groups is 1. The molecule has 0 unspecified atom stereocenters. The van der Waals surface area contributed by atoms with Crippen molar-refractivity contribution in [3.05, 3.63) is 33.8 Å². The van der Waals surface area contributed by atoms with Crippen LogP contribution in [-0.2, 0) is 4.43 Å². The van der Waals surface area contributed by atoms with Crippen molar-refractivity contribution < 1.29 is 9.90 Å². The minimum atomic E-state index is -0.893. The molecule has 64 valence electrons. The zero-order valence-electron chi connectivity index (χ0n) is 6.05. The fourth-order valence-corrected chi connectivity index (χ4v) is 2.50. The van der Waals surface area contributed by atoms with E-state index in [0.717, 1.165) is 14.5 Å². The summed E-state index contributed by atoms with van der Waals surface area (Å²) in [6, 6.07) is 5.05. The molecule has 12 heavy (non-hydrogen) atoms. The number of hydrogen-bond donors (Lipinski definition) is 1. The van der Waals surface area contributed by atoms with E-state index in [4.69, 9.17) is 5.11 Å². The van der Waals surface area contributed by atoms with Gasteiger partial charge in [0.1, 0.15) is 0 Å². The summed E-state index contributed by atoms with van der Waals surface area (Å²) in [5, 5.41) is 8.65. The Bertz CT molecular complexity index is 312. The Morgan fingerprint density at radius 2 is 2.25 bits per heavy atom. The van der Waals surface area contributed by atoms with Gasteiger partial charge < -0.3 is 5.11 Å². The average Bonchev–Trinajstić information content (AvgIpc) is 2.04. The molecule has 1 rings (SSSR count). The van der Waals surface area contributed by atoms with E-state index in [1.165, 1.54) is 0 Å². The number of carboxylic acid groups (broad SMARTS) is 1. The van der Waals surface area contributed by atoms with Crippen molar-refractivity contribution in [1.29, 1.82) is 0 Å². The quantitative estimate of drug-likeness (QED) is 0.663. The molecule has 0 atom stereocenters. The van der Waals surface area contributed by atoms with Crippen LogP contribution in [0.15, 0.2) is 22.7 Å². The third-order valence-electron chi connectivity index (χ3n) is 1.44. The Balaban J connectivity index is 3.10. The second-order valence-electron chi connectivity index (χ2n) is 2.24. The molecule has 0 saturated heterocycles. The highest BCUT2D eigenvalue weighted by Crippen LogP contribution is 2.20. The van der Waals surface area contributed by atoms with Crippen molar-refractivity contribution in [3.63, 3.8) is 0 Å². The van der Waals surface area contributed by atoms with Gasteiger partial charge in [0.05, 0.1) is 5.56 Å². The van der Waals surface area contributed by atoms with Crippen molar-refractivity contribution in [2.24, 2.45) is 0 Å². The fraction of sp³-hybridized carbons (Fsp3) is 0.125. The molecule has 0 aliphatic rings. The van der Waals surface area contributed by atoms with Crippen LogP contribution in [0, 0.1) is 0 Å². The van der Waals surface area contributed by atoms with Crippen molar-refractivity contribution >= 4 is 44.5 Å². The van der Waals surface area contributed by atoms with Crippen LogP contribution in [0.25, 0.3) is 0 Å². The topological polar surface area (TPSA) is 37.3 Å². The first-order valence-corrected chi connectivity index (χ1v) is 5.54. The fourth-order valence-electron chi connectivity index (χ4n) is 0.789. The molecule has 0 bridgehead atoms. The van der Waals surface area contributed by atoms with Crippen molar-refractivity contribution in [2.75, 3.05) is 0 Å². The Morgan fingerprint density at radius 1 is 1.58 bits per heavy atom. The number of rotatable bonds is 2. The first-order chi connectivity index (χ1) is 5.65. The summed E-state index contributed by atoms with van der Waals surface area (Å²) in [4.78, 5) is 10.5. The molecule has 0 spiro atoms. The Morgan fingerprint density at radius 3 is 2.67 bits per heavy atom. The third kappa shape index (κ3) is 2.20. The van der Waals surface area contributed by atoms with Crippen LogP contribution in [0.5, 0.6) is 0 Å². The van der Waals surface area contributed by atoms with Crippen LogP contribution in [0.1, 0.15) is 15.9 Å². The van der Waals surface area contributed by atoms with E-state index in [1.54, 1.807) is 12.1 Å². The van der Waals surface area contributed by atoms with Gasteiger partial charge in [-0.25, -0.2) is 4.79 Å². The van der Waals surface area contributed by atoms with Gasteiger partial charge in [-0.15, -0.1) is 0 Å². The van der Waals surface area contributed by atoms with Crippen molar-refractivity contribution in [2.45, 2.75) is 4.43 Å². The Hall–Kier alpha value is -0.100. The Labute approximate surface area is 92.2 Å². The van der Waals surface area contributed by atoms with Gasteiger partial charge >= 0.3 is 5.97 Å². The lowest BCUT2D eigenvalue weighted by Gasteiger charge is -2.00. The predicted octanol–water partition coefficient (Wildman–Crippen LogP) is 3.08. The maximum absolute atomic E-state index is 10.5. The van der Waals surface area contributed by atoms with E-state index in [-0.39, 0.29) is 0 Å². The Kier molecular flexibility index (Phi) is 3.52. The van der Waals surface area contributed by atoms with E-state index in [9.17, 15) is 4.79 Å². The SMILES string of the molecule is O=C(O)c1ccc(CI)c(Br)c1. The highest BCUT2D eigenvalue weighted by atomic mass is 127. The standard InChI is InChI=1S/C8H6BrIO2/c9-7-3-5(8(11)12)1-2-6(7)4-10/h1-3H,4H2,(H,11,12). The highest BCUT2D eigenvalue weighted by molar-refractivity contribution is 14.1. The molecule has 0 aliphatic carbocycles. The zero-order chi connectivity index (χ0) is 9.14. The zero-order valence-corrected chi connectivity index (χ0v) is 9.79. The van der Waals surface area contributed by atoms with Gasteiger partial charge in [-0.1, -0.05) is 44.6 Å². The summed E-state index contributed by atoms with van der Waals surface area (Å²) < 4.78 is 1.73. The molecule has 0 saturated carbocycles. The van der Waals surface area contributed by atoms with E-state index in [1.807, 2.05) is 6.07 Å². The first kappa shape index (κ1) is 9.98. The van der Waals surface area contributed by atoms with Crippen molar-refractivity contribution in [1.82, 2.24) is 0 Å². The summed E-state index contributed by atoms with van der Waals surface area (Å²) in [5.74, 6) is -0.893. The minimum absolute atomic E-state index is 0.315. The largest absolute Gasteiger partial charge is 0.478 e. The lowest BCUT2D eigenvalue weighted by molar-refractivity contribution is 0.0697. The summed E-state index contributed by atoms with van der Waals surface area (Å²) in [5.41, 5.74) is 1.43. The summed E-state index contributed by atoms with van der Waals surface area (Å²) in [6.45, 7) is 0. The second kappa shape index (κ2) is 4.23. The first-order valence-electron chi connectivity index (χ1n) is 3.23. The monoisotopic (exact) mass is 340 g/mol. The second-order valence-corrected chi connectivity index (χ2v) is 3.86. The number of aromatic carboxylic acids is 1. The summed E-state index contributed by atoms with van der Waals surface area (Å²) in [6.07, 6.45) is 0. The van der Waals surface area contributed by atoms with Gasteiger partial charge in [-0.3, -0.25) is 0 Å². The predicted molar refractivity (Wildman–Crippen MR) is 58.8 cm³/mol. The molecule has 0 heterocycles. The number of hydrogen-bond acceptors (Lipinski definition) is 1. The number of alkyl halides is 1. The smallest absolute Gasteiger partial charge is 0.335 e. The van der Waals surface area contributed by atoms with Gasteiger partial charge in [0, 0.05) is 8.90 Å². The molecule has 2 nitrogen and oxygen atoms in total. The van der Waals surface area contributed by atoms with E-state index in [0.29, 0.717) is 5.56 Å². The minimum Gasteiger partial charge on any atom is -0.478 e. The molecule has 4 heteroatoms. The average molecular weight is 341 g/mol. The molecule has 1 aromatic carbocycles. The molecule has 0 aromatic heterocycles. The highest BCUT2D eigenvalue weighted by Gasteiger charge is 2.04. The number of carboxylic acids is 1.